The lowest BCUT2D eigenvalue weighted by Crippen LogP contribution is -2.48. The standard InChI is InChI=1S/C33H42N6O5S/c1-33(2,3)25-18-26(30(44-5)27(19-25)36-45(6,42)43)35-31(40)28-17-22-9-7-10-24(29(22)37(28)4)21-38-13-15-39(16-14-38)32(41)23-11-8-12-34-20-23/h7-12,18-20,28,36H,13-17,21H2,1-6H3,(H,35,40). The van der Waals surface area contributed by atoms with Crippen molar-refractivity contribution in [2.45, 2.75) is 45.2 Å². The van der Waals surface area contributed by atoms with Crippen LogP contribution in [0.15, 0.2) is 54.9 Å². The molecule has 2 aromatic carbocycles. The van der Waals surface area contributed by atoms with E-state index in [1.54, 1.807) is 30.6 Å². The number of sulfonamides is 1. The highest BCUT2D eigenvalue weighted by Gasteiger charge is 2.35. The number of ether oxygens (including phenoxy) is 1. The number of carbonyl (C=O) groups is 2. The molecule has 1 fully saturated rings. The second-order valence-corrected chi connectivity index (χ2v) is 14.5. The number of rotatable bonds is 8. The predicted molar refractivity (Wildman–Crippen MR) is 177 cm³/mol. The Hall–Kier alpha value is -4.16. The number of para-hydroxylation sites is 1. The number of piperazine rings is 1. The van der Waals surface area contributed by atoms with Crippen LogP contribution in [0.2, 0.25) is 0 Å². The third-order valence-electron chi connectivity index (χ3n) is 8.41. The largest absolute Gasteiger partial charge is 0.492 e. The molecule has 0 aliphatic carbocycles. The molecule has 45 heavy (non-hydrogen) atoms. The van der Waals surface area contributed by atoms with Gasteiger partial charge in [-0.2, -0.15) is 0 Å². The second-order valence-electron chi connectivity index (χ2n) is 12.8. The van der Waals surface area contributed by atoms with E-state index in [1.807, 2.05) is 49.8 Å². The molecule has 0 bridgehead atoms. The lowest BCUT2D eigenvalue weighted by atomic mass is 9.86. The van der Waals surface area contributed by atoms with Gasteiger partial charge in [-0.3, -0.25) is 24.2 Å². The molecule has 2 aliphatic heterocycles. The van der Waals surface area contributed by atoms with E-state index < -0.39 is 16.1 Å². The normalized spacial score (nSPS) is 17.2. The number of amides is 2. The summed E-state index contributed by atoms with van der Waals surface area (Å²) in [5, 5.41) is 3.04. The first-order valence-corrected chi connectivity index (χ1v) is 16.9. The molecule has 1 atom stereocenters. The monoisotopic (exact) mass is 634 g/mol. The van der Waals surface area contributed by atoms with Crippen LogP contribution in [0.3, 0.4) is 0 Å². The highest BCUT2D eigenvalue weighted by molar-refractivity contribution is 7.92. The van der Waals surface area contributed by atoms with Crippen molar-refractivity contribution in [1.29, 1.82) is 0 Å². The summed E-state index contributed by atoms with van der Waals surface area (Å²) in [6.07, 6.45) is 4.88. The van der Waals surface area contributed by atoms with E-state index in [0.717, 1.165) is 41.7 Å². The number of hydrogen-bond donors (Lipinski definition) is 2. The Morgan fingerprint density at radius 3 is 2.38 bits per heavy atom. The molecule has 5 rings (SSSR count). The SMILES string of the molecule is COc1c(NC(=O)C2Cc3cccc(CN4CCN(C(=O)c5cccnc5)CC4)c3N2C)cc(C(C)(C)C)cc1NS(C)(=O)=O. The fourth-order valence-electron chi connectivity index (χ4n) is 6.05. The summed E-state index contributed by atoms with van der Waals surface area (Å²) in [6, 6.07) is 12.9. The summed E-state index contributed by atoms with van der Waals surface area (Å²) >= 11 is 0. The van der Waals surface area contributed by atoms with E-state index >= 15 is 0 Å². The average Bonchev–Trinajstić information content (AvgIpc) is 3.33. The molecule has 3 aromatic rings. The van der Waals surface area contributed by atoms with Crippen LogP contribution in [-0.4, -0.2) is 87.7 Å². The van der Waals surface area contributed by atoms with E-state index in [4.69, 9.17) is 4.74 Å². The quantitative estimate of drug-likeness (QED) is 0.385. The lowest BCUT2D eigenvalue weighted by molar-refractivity contribution is -0.117. The van der Waals surface area contributed by atoms with Crippen LogP contribution >= 0.6 is 0 Å². The van der Waals surface area contributed by atoms with E-state index in [2.05, 4.69) is 32.1 Å². The average molecular weight is 635 g/mol. The molecule has 12 heteroatoms. The maximum absolute atomic E-state index is 13.8. The highest BCUT2D eigenvalue weighted by Crippen LogP contribution is 2.40. The summed E-state index contributed by atoms with van der Waals surface area (Å²) in [4.78, 5) is 37.0. The first-order chi connectivity index (χ1) is 21.2. The number of carbonyl (C=O) groups excluding carboxylic acids is 2. The number of nitrogens with one attached hydrogen (secondary N) is 2. The highest BCUT2D eigenvalue weighted by atomic mass is 32.2. The van der Waals surface area contributed by atoms with Gasteiger partial charge in [0.2, 0.25) is 15.9 Å². The van der Waals surface area contributed by atoms with Crippen LogP contribution < -0.4 is 19.7 Å². The summed E-state index contributed by atoms with van der Waals surface area (Å²) in [7, 11) is -0.206. The van der Waals surface area contributed by atoms with Gasteiger partial charge in [0.05, 0.1) is 30.3 Å². The molecular weight excluding hydrogens is 592 g/mol. The van der Waals surface area contributed by atoms with Gasteiger partial charge in [-0.25, -0.2) is 8.42 Å². The van der Waals surface area contributed by atoms with E-state index in [9.17, 15) is 18.0 Å². The van der Waals surface area contributed by atoms with Gasteiger partial charge >= 0.3 is 0 Å². The third kappa shape index (κ3) is 7.23. The molecule has 1 saturated heterocycles. The number of hydrogen-bond acceptors (Lipinski definition) is 8. The van der Waals surface area contributed by atoms with Crippen LogP contribution in [0.1, 0.15) is 47.8 Å². The van der Waals surface area contributed by atoms with Crippen molar-refractivity contribution < 1.29 is 22.7 Å². The molecule has 3 heterocycles. The minimum atomic E-state index is -3.59. The van der Waals surface area contributed by atoms with Crippen molar-refractivity contribution in [3.05, 3.63) is 77.1 Å². The zero-order chi connectivity index (χ0) is 32.5. The number of benzene rings is 2. The van der Waals surface area contributed by atoms with Crippen molar-refractivity contribution in [2.24, 2.45) is 0 Å². The molecule has 1 unspecified atom stereocenters. The number of likely N-dealkylation sites (N-methyl/N-ethyl adjacent to an activating group) is 1. The minimum absolute atomic E-state index is 0.000767. The fraction of sp³-hybridized carbons (Fsp3) is 0.424. The van der Waals surface area contributed by atoms with Gasteiger partial charge in [-0.1, -0.05) is 39.0 Å². The molecule has 0 radical (unpaired) electrons. The summed E-state index contributed by atoms with van der Waals surface area (Å²) in [5.74, 6) is 0.0412. The Morgan fingerprint density at radius 1 is 1.04 bits per heavy atom. The Labute approximate surface area is 265 Å². The van der Waals surface area contributed by atoms with Crippen LogP contribution in [0.4, 0.5) is 17.1 Å². The number of anilines is 3. The van der Waals surface area contributed by atoms with Gasteiger partial charge in [-0.05, 0) is 46.4 Å². The van der Waals surface area contributed by atoms with E-state index in [0.29, 0.717) is 37.3 Å². The summed E-state index contributed by atoms with van der Waals surface area (Å²) < 4.78 is 32.4. The van der Waals surface area contributed by atoms with E-state index in [-0.39, 0.29) is 28.7 Å². The molecule has 2 amide bonds. The van der Waals surface area contributed by atoms with Gasteiger partial charge in [0.1, 0.15) is 6.04 Å². The van der Waals surface area contributed by atoms with Crippen molar-refractivity contribution >= 4 is 38.9 Å². The maximum Gasteiger partial charge on any atom is 0.255 e. The molecule has 11 nitrogen and oxygen atoms in total. The molecule has 0 spiro atoms. The molecule has 0 saturated carbocycles. The van der Waals surface area contributed by atoms with Crippen molar-refractivity contribution in [3.8, 4) is 5.75 Å². The molecule has 1 aromatic heterocycles. The van der Waals surface area contributed by atoms with Gasteiger partial charge < -0.3 is 19.9 Å². The van der Waals surface area contributed by atoms with Gasteiger partial charge in [0, 0.05) is 64.3 Å². The smallest absolute Gasteiger partial charge is 0.255 e. The molecule has 2 N–H and O–H groups in total. The zero-order valence-corrected chi connectivity index (χ0v) is 27.6. The third-order valence-corrected chi connectivity index (χ3v) is 9.00. The Kier molecular flexibility index (Phi) is 9.09. The van der Waals surface area contributed by atoms with Crippen LogP contribution in [0.5, 0.6) is 5.75 Å². The van der Waals surface area contributed by atoms with Crippen molar-refractivity contribution in [3.63, 3.8) is 0 Å². The van der Waals surface area contributed by atoms with Crippen molar-refractivity contribution in [2.75, 3.05) is 61.5 Å². The fourth-order valence-corrected chi connectivity index (χ4v) is 6.60. The van der Waals surface area contributed by atoms with Crippen LogP contribution in [0.25, 0.3) is 0 Å². The predicted octanol–water partition coefficient (Wildman–Crippen LogP) is 3.72. The number of methoxy groups -OCH3 is 1. The molecule has 2 aliphatic rings. The van der Waals surface area contributed by atoms with Gasteiger partial charge in [0.25, 0.3) is 5.91 Å². The number of nitrogens with zero attached hydrogens (tertiary/aromatic N) is 4. The first kappa shape index (κ1) is 32.2. The zero-order valence-electron chi connectivity index (χ0n) is 26.8. The van der Waals surface area contributed by atoms with Gasteiger partial charge in [-0.15, -0.1) is 0 Å². The Bertz CT molecular complexity index is 1680. The van der Waals surface area contributed by atoms with E-state index in [1.165, 1.54) is 7.11 Å². The number of fused-ring (bicyclic) bond motifs is 1. The second kappa shape index (κ2) is 12.7. The maximum atomic E-state index is 13.8. The minimum Gasteiger partial charge on any atom is -0.492 e. The number of pyridine rings is 1. The van der Waals surface area contributed by atoms with Crippen LogP contribution in [0, 0.1) is 0 Å². The molecule has 240 valence electrons. The lowest BCUT2D eigenvalue weighted by Gasteiger charge is -2.35. The summed E-state index contributed by atoms with van der Waals surface area (Å²) in [6.45, 7) is 9.53. The molecular formula is C33H42N6O5S. The van der Waals surface area contributed by atoms with Gasteiger partial charge in [0.15, 0.2) is 5.75 Å². The topological polar surface area (TPSA) is 124 Å². The summed E-state index contributed by atoms with van der Waals surface area (Å²) in [5.41, 5.74) is 5.08. The van der Waals surface area contributed by atoms with Crippen molar-refractivity contribution in [1.82, 2.24) is 14.8 Å². The van der Waals surface area contributed by atoms with Crippen LogP contribution in [-0.2, 0) is 33.2 Å². The Morgan fingerprint density at radius 2 is 1.76 bits per heavy atom. The Balaban J connectivity index is 1.31. The first-order valence-electron chi connectivity index (χ1n) is 15.0. The number of aromatic nitrogens is 1.